The number of carboxylic acid groups (broad SMARTS) is 1. The molecule has 2 aliphatic carbocycles. The van der Waals surface area contributed by atoms with E-state index < -0.39 is 5.97 Å². The minimum atomic E-state index is -0.665. The fourth-order valence-electron chi connectivity index (χ4n) is 2.72. The van der Waals surface area contributed by atoms with Crippen molar-refractivity contribution in [2.75, 3.05) is 0 Å². The molecule has 104 valence electrons. The average Bonchev–Trinajstić information content (AvgIpc) is 2.99. The van der Waals surface area contributed by atoms with Gasteiger partial charge in [0.05, 0.1) is 5.92 Å². The predicted octanol–water partition coefficient (Wildman–Crippen LogP) is 4.65. The zero-order chi connectivity index (χ0) is 13.4. The Balaban J connectivity index is 0.000000194. The number of carboxylic acids is 1. The Hall–Kier alpha value is -0.790. The molecule has 0 spiro atoms. The molecular weight excluding hydrogens is 224 g/mol. The van der Waals surface area contributed by atoms with Crippen LogP contribution in [0.3, 0.4) is 0 Å². The van der Waals surface area contributed by atoms with Crippen LogP contribution in [0.25, 0.3) is 0 Å². The maximum atomic E-state index is 10.4. The Morgan fingerprint density at radius 2 is 1.83 bits per heavy atom. The first-order valence-corrected chi connectivity index (χ1v) is 7.54. The molecule has 0 amide bonds. The topological polar surface area (TPSA) is 37.3 Å². The van der Waals surface area contributed by atoms with Crippen LogP contribution in [0, 0.1) is 17.8 Å². The van der Waals surface area contributed by atoms with E-state index in [1.807, 2.05) is 0 Å². The van der Waals surface area contributed by atoms with Crippen LogP contribution in [0.2, 0.25) is 0 Å². The zero-order valence-electron chi connectivity index (χ0n) is 11.9. The second kappa shape index (κ2) is 8.34. The van der Waals surface area contributed by atoms with E-state index in [-0.39, 0.29) is 5.92 Å². The molecule has 1 saturated carbocycles. The summed E-state index contributed by atoms with van der Waals surface area (Å²) in [6.07, 6.45) is 14.7. The van der Waals surface area contributed by atoms with Gasteiger partial charge in [0.1, 0.15) is 0 Å². The summed E-state index contributed by atoms with van der Waals surface area (Å²) in [6, 6.07) is 0. The molecule has 3 atom stereocenters. The summed E-state index contributed by atoms with van der Waals surface area (Å²) in [5, 5.41) is 8.54. The van der Waals surface area contributed by atoms with Crippen LogP contribution in [-0.4, -0.2) is 11.1 Å². The number of rotatable bonds is 6. The maximum absolute atomic E-state index is 10.4. The monoisotopic (exact) mass is 252 g/mol. The molecule has 0 heterocycles. The van der Waals surface area contributed by atoms with E-state index in [0.717, 1.165) is 24.7 Å². The van der Waals surface area contributed by atoms with E-state index in [1.165, 1.54) is 38.5 Å². The van der Waals surface area contributed by atoms with Gasteiger partial charge in [0, 0.05) is 0 Å². The van der Waals surface area contributed by atoms with E-state index >= 15 is 0 Å². The third-order valence-electron chi connectivity index (χ3n) is 4.08. The largest absolute Gasteiger partial charge is 0.481 e. The molecule has 1 fully saturated rings. The lowest BCUT2D eigenvalue weighted by Gasteiger charge is -2.04. The smallest absolute Gasteiger partial charge is 0.306 e. The van der Waals surface area contributed by atoms with Crippen molar-refractivity contribution in [3.8, 4) is 0 Å². The van der Waals surface area contributed by atoms with E-state index in [1.54, 1.807) is 6.92 Å². The summed E-state index contributed by atoms with van der Waals surface area (Å²) in [7, 11) is 0. The van der Waals surface area contributed by atoms with Crippen molar-refractivity contribution in [3.05, 3.63) is 12.2 Å². The van der Waals surface area contributed by atoms with Crippen molar-refractivity contribution in [2.45, 2.75) is 65.2 Å². The highest BCUT2D eigenvalue weighted by Gasteiger charge is 2.25. The highest BCUT2D eigenvalue weighted by Crippen LogP contribution is 2.38. The van der Waals surface area contributed by atoms with Crippen LogP contribution in [-0.2, 0) is 4.79 Å². The lowest BCUT2D eigenvalue weighted by atomic mass is 10.0. The van der Waals surface area contributed by atoms with Gasteiger partial charge in [-0.3, -0.25) is 4.79 Å². The molecule has 0 aromatic carbocycles. The Morgan fingerprint density at radius 1 is 1.22 bits per heavy atom. The fraction of sp³-hybridized carbons (Fsp3) is 0.812. The highest BCUT2D eigenvalue weighted by molar-refractivity contribution is 5.69. The molecule has 18 heavy (non-hydrogen) atoms. The minimum absolute atomic E-state index is 0.160. The van der Waals surface area contributed by atoms with Gasteiger partial charge in [-0.25, -0.2) is 0 Å². The number of unbranched alkanes of at least 4 members (excludes halogenated alkanes) is 3. The normalized spacial score (nSPS) is 25.7. The van der Waals surface area contributed by atoms with E-state index in [0.29, 0.717) is 0 Å². The first-order chi connectivity index (χ1) is 8.63. The quantitative estimate of drug-likeness (QED) is 0.552. The van der Waals surface area contributed by atoms with Crippen LogP contribution < -0.4 is 0 Å². The first kappa shape index (κ1) is 15.3. The van der Waals surface area contributed by atoms with Gasteiger partial charge in [-0.05, 0) is 37.5 Å². The number of allylic oxidation sites excluding steroid dienone is 2. The molecule has 1 N–H and O–H groups in total. The molecule has 2 bridgehead atoms. The van der Waals surface area contributed by atoms with Crippen molar-refractivity contribution >= 4 is 5.97 Å². The number of hydrogen-bond acceptors (Lipinski definition) is 1. The van der Waals surface area contributed by atoms with Gasteiger partial charge >= 0.3 is 5.97 Å². The van der Waals surface area contributed by atoms with Crippen LogP contribution >= 0.6 is 0 Å². The van der Waals surface area contributed by atoms with Gasteiger partial charge in [-0.1, -0.05) is 51.7 Å². The maximum Gasteiger partial charge on any atom is 0.306 e. The molecule has 3 unspecified atom stereocenters. The molecule has 2 heteroatoms. The van der Waals surface area contributed by atoms with Crippen molar-refractivity contribution < 1.29 is 9.90 Å². The Bertz CT molecular complexity index is 258. The van der Waals surface area contributed by atoms with E-state index in [4.69, 9.17) is 5.11 Å². The molecule has 0 aromatic rings. The fourth-order valence-corrected chi connectivity index (χ4v) is 2.72. The van der Waals surface area contributed by atoms with Crippen molar-refractivity contribution in [3.63, 3.8) is 0 Å². The summed E-state index contributed by atoms with van der Waals surface area (Å²) in [4.78, 5) is 10.4. The average molecular weight is 252 g/mol. The molecule has 2 aliphatic rings. The lowest BCUT2D eigenvalue weighted by Crippen LogP contribution is -2.08. The number of carbonyl (C=O) groups is 1. The minimum Gasteiger partial charge on any atom is -0.481 e. The van der Waals surface area contributed by atoms with Gasteiger partial charge in [0.15, 0.2) is 0 Å². The molecule has 0 saturated heterocycles. The lowest BCUT2D eigenvalue weighted by molar-refractivity contribution is -0.141. The van der Waals surface area contributed by atoms with Crippen molar-refractivity contribution in [1.82, 2.24) is 0 Å². The van der Waals surface area contributed by atoms with Gasteiger partial charge in [-0.2, -0.15) is 0 Å². The Labute approximate surface area is 111 Å². The number of aliphatic carboxylic acids is 1. The van der Waals surface area contributed by atoms with Crippen molar-refractivity contribution in [2.24, 2.45) is 17.8 Å². The molecule has 0 aromatic heterocycles. The summed E-state index contributed by atoms with van der Waals surface area (Å²) < 4.78 is 0. The predicted molar refractivity (Wildman–Crippen MR) is 75.5 cm³/mol. The van der Waals surface area contributed by atoms with Crippen LogP contribution in [0.1, 0.15) is 65.2 Å². The van der Waals surface area contributed by atoms with Crippen LogP contribution in [0.4, 0.5) is 0 Å². The second-order valence-corrected chi connectivity index (χ2v) is 5.81. The van der Waals surface area contributed by atoms with E-state index in [2.05, 4.69) is 19.1 Å². The molecule has 2 nitrogen and oxygen atoms in total. The summed E-state index contributed by atoms with van der Waals surface area (Å²) in [6.45, 7) is 3.93. The van der Waals surface area contributed by atoms with Gasteiger partial charge < -0.3 is 5.11 Å². The zero-order valence-corrected chi connectivity index (χ0v) is 11.9. The second-order valence-electron chi connectivity index (χ2n) is 5.81. The first-order valence-electron chi connectivity index (χ1n) is 7.54. The molecule has 0 radical (unpaired) electrons. The Kier molecular flexibility index (Phi) is 7.07. The number of hydrogen-bond donors (Lipinski definition) is 1. The van der Waals surface area contributed by atoms with Gasteiger partial charge in [-0.15, -0.1) is 0 Å². The molecule has 0 aliphatic heterocycles. The van der Waals surface area contributed by atoms with Crippen molar-refractivity contribution in [1.29, 1.82) is 0 Å². The summed E-state index contributed by atoms with van der Waals surface area (Å²) >= 11 is 0. The number of fused-ring (bicyclic) bond motifs is 2. The van der Waals surface area contributed by atoms with E-state index in [9.17, 15) is 4.79 Å². The third-order valence-corrected chi connectivity index (χ3v) is 4.08. The van der Waals surface area contributed by atoms with Crippen LogP contribution in [0.15, 0.2) is 12.2 Å². The SMILES string of the molecule is C1=CC2CCC1C2.CCCCCCC(C)C(=O)O. The summed E-state index contributed by atoms with van der Waals surface area (Å²) in [5.41, 5.74) is 0. The van der Waals surface area contributed by atoms with Gasteiger partial charge in [0.25, 0.3) is 0 Å². The highest BCUT2D eigenvalue weighted by atomic mass is 16.4. The standard InChI is InChI=1S/C9H18O2.C7H10/c1-3-4-5-6-7-8(2)9(10)11;1-2-7-4-3-6(1)5-7/h8H,3-7H2,1-2H3,(H,10,11);1-2,6-7H,3-5H2. The molecule has 2 rings (SSSR count). The molecular formula is C16H28O2. The van der Waals surface area contributed by atoms with Crippen LogP contribution in [0.5, 0.6) is 0 Å². The third kappa shape index (κ3) is 5.70. The Morgan fingerprint density at radius 3 is 2.17 bits per heavy atom. The summed E-state index contributed by atoms with van der Waals surface area (Å²) in [5.74, 6) is 1.16. The van der Waals surface area contributed by atoms with Gasteiger partial charge in [0.2, 0.25) is 0 Å².